The average Bonchev–Trinajstić information content (AvgIpc) is 2.43. The number of para-hydroxylation sites is 2. The van der Waals surface area contributed by atoms with Crippen molar-refractivity contribution < 1.29 is 0 Å². The highest BCUT2D eigenvalue weighted by Crippen LogP contribution is 2.39. The van der Waals surface area contributed by atoms with Crippen LogP contribution in [-0.2, 0) is 0 Å². The van der Waals surface area contributed by atoms with Gasteiger partial charge in [-0.1, -0.05) is 28.1 Å². The smallest absolute Gasteiger partial charge is 0.0656 e. The van der Waals surface area contributed by atoms with E-state index in [1.807, 2.05) is 12.1 Å². The molecule has 0 radical (unpaired) electrons. The van der Waals surface area contributed by atoms with Crippen LogP contribution in [0.25, 0.3) is 0 Å². The Morgan fingerprint density at radius 1 is 1.00 bits per heavy atom. The lowest BCUT2D eigenvalue weighted by atomic mass is 10.1. The zero-order valence-electron chi connectivity index (χ0n) is 10.8. The highest BCUT2D eigenvalue weighted by atomic mass is 79.9. The van der Waals surface area contributed by atoms with Crippen molar-refractivity contribution in [2.24, 2.45) is 0 Å². The molecule has 0 saturated carbocycles. The summed E-state index contributed by atoms with van der Waals surface area (Å²) in [7, 11) is 2.13. The van der Waals surface area contributed by atoms with E-state index in [9.17, 15) is 0 Å². The largest absolute Gasteiger partial charge is 0.397 e. The van der Waals surface area contributed by atoms with Gasteiger partial charge in [0.05, 0.1) is 22.7 Å². The monoisotopic (exact) mass is 317 g/mol. The van der Waals surface area contributed by atoms with Gasteiger partial charge in [0.15, 0.2) is 0 Å². The maximum Gasteiger partial charge on any atom is 0.0656 e. The Morgan fingerprint density at radius 3 is 2.53 bits per heavy atom. The van der Waals surface area contributed by atoms with Gasteiger partial charge in [0.2, 0.25) is 0 Å². The number of hydrogen-bond acceptors (Lipinski definition) is 3. The first-order chi connectivity index (χ1) is 9.16. The molecule has 0 bridgehead atoms. The summed E-state index contributed by atoms with van der Waals surface area (Å²) in [5.74, 6) is 0. The number of fused-ring (bicyclic) bond motifs is 1. The minimum absolute atomic E-state index is 0.808. The predicted octanol–water partition coefficient (Wildman–Crippen LogP) is 3.62. The molecule has 0 fully saturated rings. The molecule has 2 aromatic rings. The van der Waals surface area contributed by atoms with Gasteiger partial charge >= 0.3 is 0 Å². The van der Waals surface area contributed by atoms with Crippen LogP contribution in [-0.4, -0.2) is 20.1 Å². The number of likely N-dealkylation sites (N-methyl/N-ethyl adjacent to an activating group) is 1. The number of benzene rings is 2. The summed E-state index contributed by atoms with van der Waals surface area (Å²) < 4.78 is 1.05. The molecule has 4 heteroatoms. The van der Waals surface area contributed by atoms with Gasteiger partial charge < -0.3 is 15.5 Å². The molecule has 0 spiro atoms. The lowest BCUT2D eigenvalue weighted by molar-refractivity contribution is 0.822. The van der Waals surface area contributed by atoms with E-state index in [0.29, 0.717) is 0 Å². The number of rotatable bonds is 1. The van der Waals surface area contributed by atoms with Crippen molar-refractivity contribution in [2.45, 2.75) is 0 Å². The minimum Gasteiger partial charge on any atom is -0.397 e. The fourth-order valence-electron chi connectivity index (χ4n) is 2.51. The Labute approximate surface area is 121 Å². The van der Waals surface area contributed by atoms with Crippen molar-refractivity contribution in [3.8, 4) is 0 Å². The molecule has 1 aliphatic rings. The summed E-state index contributed by atoms with van der Waals surface area (Å²) in [6.45, 7) is 1.93. The van der Waals surface area contributed by atoms with Crippen molar-refractivity contribution in [1.82, 2.24) is 0 Å². The SMILES string of the molecule is CN1CCN(c2cc(Br)ccc2N)c2ccccc21. The highest BCUT2D eigenvalue weighted by Gasteiger charge is 2.22. The van der Waals surface area contributed by atoms with Gasteiger partial charge in [0, 0.05) is 24.6 Å². The lowest BCUT2D eigenvalue weighted by Gasteiger charge is -2.37. The van der Waals surface area contributed by atoms with Crippen LogP contribution >= 0.6 is 15.9 Å². The predicted molar refractivity (Wildman–Crippen MR) is 85.3 cm³/mol. The Bertz CT molecular complexity index is 612. The van der Waals surface area contributed by atoms with E-state index in [1.54, 1.807) is 0 Å². The fourth-order valence-corrected chi connectivity index (χ4v) is 2.86. The molecule has 0 unspecified atom stereocenters. The van der Waals surface area contributed by atoms with Crippen molar-refractivity contribution in [3.63, 3.8) is 0 Å². The number of nitrogen functional groups attached to an aromatic ring is 1. The summed E-state index contributed by atoms with van der Waals surface area (Å²) in [5.41, 5.74) is 10.5. The Hall–Kier alpha value is -1.68. The molecule has 0 amide bonds. The minimum atomic E-state index is 0.808. The van der Waals surface area contributed by atoms with Gasteiger partial charge in [-0.3, -0.25) is 0 Å². The van der Waals surface area contributed by atoms with Gasteiger partial charge in [-0.2, -0.15) is 0 Å². The van der Waals surface area contributed by atoms with Crippen molar-refractivity contribution in [2.75, 3.05) is 35.7 Å². The second-order valence-corrected chi connectivity index (χ2v) is 5.68. The second kappa shape index (κ2) is 4.78. The molecule has 0 aromatic heterocycles. The quantitative estimate of drug-likeness (QED) is 0.815. The van der Waals surface area contributed by atoms with Crippen LogP contribution in [0.1, 0.15) is 0 Å². The van der Waals surface area contributed by atoms with Crippen LogP contribution in [0.15, 0.2) is 46.9 Å². The first kappa shape index (κ1) is 12.4. The van der Waals surface area contributed by atoms with E-state index >= 15 is 0 Å². The average molecular weight is 318 g/mol. The summed E-state index contributed by atoms with van der Waals surface area (Å²) in [6.07, 6.45) is 0. The topological polar surface area (TPSA) is 32.5 Å². The van der Waals surface area contributed by atoms with E-state index in [-0.39, 0.29) is 0 Å². The zero-order chi connectivity index (χ0) is 13.4. The van der Waals surface area contributed by atoms with Crippen LogP contribution in [0.2, 0.25) is 0 Å². The number of nitrogens with zero attached hydrogens (tertiary/aromatic N) is 2. The van der Waals surface area contributed by atoms with Crippen LogP contribution in [0, 0.1) is 0 Å². The molecule has 3 nitrogen and oxygen atoms in total. The van der Waals surface area contributed by atoms with Crippen molar-refractivity contribution in [1.29, 1.82) is 0 Å². The van der Waals surface area contributed by atoms with Crippen LogP contribution in [0.5, 0.6) is 0 Å². The lowest BCUT2D eigenvalue weighted by Crippen LogP contribution is -2.36. The number of hydrogen-bond donors (Lipinski definition) is 1. The molecule has 0 atom stereocenters. The van der Waals surface area contributed by atoms with Crippen LogP contribution in [0.3, 0.4) is 0 Å². The van der Waals surface area contributed by atoms with E-state index in [2.05, 4.69) is 63.1 Å². The van der Waals surface area contributed by atoms with Gasteiger partial charge in [0.25, 0.3) is 0 Å². The van der Waals surface area contributed by atoms with Crippen molar-refractivity contribution in [3.05, 3.63) is 46.9 Å². The third-order valence-electron chi connectivity index (χ3n) is 3.53. The van der Waals surface area contributed by atoms with E-state index < -0.39 is 0 Å². The zero-order valence-corrected chi connectivity index (χ0v) is 12.4. The van der Waals surface area contributed by atoms with Gasteiger partial charge in [-0.05, 0) is 30.3 Å². The molecule has 3 rings (SSSR count). The Kier molecular flexibility index (Phi) is 3.11. The highest BCUT2D eigenvalue weighted by molar-refractivity contribution is 9.10. The van der Waals surface area contributed by atoms with E-state index in [4.69, 9.17) is 5.73 Å². The standard InChI is InChI=1S/C15H16BrN3/c1-18-8-9-19(14-5-3-2-4-13(14)18)15-10-11(16)6-7-12(15)17/h2-7,10H,8-9,17H2,1H3. The van der Waals surface area contributed by atoms with Gasteiger partial charge in [-0.15, -0.1) is 0 Å². The number of nitrogens with two attached hydrogens (primary N) is 1. The van der Waals surface area contributed by atoms with Crippen molar-refractivity contribution >= 4 is 38.7 Å². The van der Waals surface area contributed by atoms with E-state index in [1.165, 1.54) is 11.4 Å². The molecule has 0 saturated heterocycles. The molecule has 1 aliphatic heterocycles. The van der Waals surface area contributed by atoms with E-state index in [0.717, 1.165) is 28.9 Å². The Balaban J connectivity index is 2.12. The first-order valence-corrected chi connectivity index (χ1v) is 7.09. The van der Waals surface area contributed by atoms with Gasteiger partial charge in [0.1, 0.15) is 0 Å². The van der Waals surface area contributed by atoms with Gasteiger partial charge in [-0.25, -0.2) is 0 Å². The second-order valence-electron chi connectivity index (χ2n) is 4.77. The maximum absolute atomic E-state index is 6.14. The molecule has 19 heavy (non-hydrogen) atoms. The normalized spacial score (nSPS) is 14.4. The molecular weight excluding hydrogens is 302 g/mol. The molecule has 98 valence electrons. The number of halogens is 1. The number of anilines is 4. The summed E-state index contributed by atoms with van der Waals surface area (Å²) in [6, 6.07) is 14.4. The molecular formula is C15H16BrN3. The molecule has 2 N–H and O–H groups in total. The fraction of sp³-hybridized carbons (Fsp3) is 0.200. The molecule has 0 aliphatic carbocycles. The summed E-state index contributed by atoms with van der Waals surface area (Å²) in [4.78, 5) is 4.56. The summed E-state index contributed by atoms with van der Waals surface area (Å²) >= 11 is 3.52. The first-order valence-electron chi connectivity index (χ1n) is 6.29. The van der Waals surface area contributed by atoms with Crippen LogP contribution in [0.4, 0.5) is 22.7 Å². The molecule has 2 aromatic carbocycles. The summed E-state index contributed by atoms with van der Waals surface area (Å²) in [5, 5.41) is 0. The third-order valence-corrected chi connectivity index (χ3v) is 4.02. The molecule has 1 heterocycles. The third kappa shape index (κ3) is 2.16. The maximum atomic E-state index is 6.14. The Morgan fingerprint density at radius 2 is 1.74 bits per heavy atom. The van der Waals surface area contributed by atoms with Crippen LogP contribution < -0.4 is 15.5 Å².